The Morgan fingerprint density at radius 1 is 1.13 bits per heavy atom. The van der Waals surface area contributed by atoms with E-state index >= 15 is 0 Å². The molecule has 0 bridgehead atoms. The van der Waals surface area contributed by atoms with Crippen molar-refractivity contribution in [3.05, 3.63) is 5.82 Å². The van der Waals surface area contributed by atoms with E-state index in [4.69, 9.17) is 4.74 Å². The first-order valence-corrected chi connectivity index (χ1v) is 9.49. The van der Waals surface area contributed by atoms with Gasteiger partial charge in [-0.3, -0.25) is 0 Å². The Kier molecular flexibility index (Phi) is 6.21. The van der Waals surface area contributed by atoms with Crippen molar-refractivity contribution < 1.29 is 4.74 Å². The number of rotatable bonds is 6. The van der Waals surface area contributed by atoms with Crippen molar-refractivity contribution in [3.8, 4) is 0 Å². The second-order valence-corrected chi connectivity index (χ2v) is 7.50. The van der Waals surface area contributed by atoms with Crippen LogP contribution in [0.3, 0.4) is 0 Å². The van der Waals surface area contributed by atoms with Crippen LogP contribution in [0.1, 0.15) is 18.7 Å². The molecule has 3 rings (SSSR count). The van der Waals surface area contributed by atoms with Crippen LogP contribution in [0.25, 0.3) is 0 Å². The lowest BCUT2D eigenvalue weighted by molar-refractivity contribution is 0.129. The summed E-state index contributed by atoms with van der Waals surface area (Å²) in [6.07, 6.45) is 3.37. The topological polar surface area (TPSA) is 44.7 Å². The van der Waals surface area contributed by atoms with Gasteiger partial charge in [0, 0.05) is 70.9 Å². The van der Waals surface area contributed by atoms with Crippen LogP contribution in [-0.4, -0.2) is 85.7 Å². The minimum Gasteiger partial charge on any atom is -0.384 e. The lowest BCUT2D eigenvalue weighted by Crippen LogP contribution is -2.47. The molecule has 0 atom stereocenters. The minimum absolute atomic E-state index is 0.698. The molecule has 1 aromatic rings. The van der Waals surface area contributed by atoms with Crippen LogP contribution in [0.4, 0.5) is 5.13 Å². The van der Waals surface area contributed by atoms with Crippen LogP contribution in [0.2, 0.25) is 0 Å². The number of methoxy groups -OCH3 is 1. The summed E-state index contributed by atoms with van der Waals surface area (Å²) in [5.74, 6) is 1.77. The Hall–Kier alpha value is -0.760. The van der Waals surface area contributed by atoms with Gasteiger partial charge in [0.05, 0.1) is 6.61 Å². The van der Waals surface area contributed by atoms with E-state index < -0.39 is 0 Å². The highest BCUT2D eigenvalue weighted by molar-refractivity contribution is 7.09. The van der Waals surface area contributed by atoms with Gasteiger partial charge in [-0.15, -0.1) is 0 Å². The molecule has 0 saturated carbocycles. The van der Waals surface area contributed by atoms with Gasteiger partial charge in [-0.25, -0.2) is 4.98 Å². The van der Waals surface area contributed by atoms with E-state index in [1.54, 1.807) is 7.11 Å². The summed E-state index contributed by atoms with van der Waals surface area (Å²) in [6.45, 7) is 9.11. The van der Waals surface area contributed by atoms with E-state index in [1.807, 2.05) is 0 Å². The van der Waals surface area contributed by atoms with Gasteiger partial charge in [0.15, 0.2) is 0 Å². The summed E-state index contributed by atoms with van der Waals surface area (Å²) in [4.78, 5) is 12.1. The molecule has 130 valence electrons. The standard InChI is InChI=1S/C16H29N5OS/c1-19-8-10-20(11-9-19)13-14-3-6-21(7-4-14)16-17-15(18-23-16)5-12-22-2/h14H,3-13H2,1-2H3. The van der Waals surface area contributed by atoms with E-state index in [2.05, 4.69) is 31.1 Å². The van der Waals surface area contributed by atoms with E-state index in [-0.39, 0.29) is 0 Å². The zero-order chi connectivity index (χ0) is 16.1. The molecule has 2 saturated heterocycles. The summed E-state index contributed by atoms with van der Waals surface area (Å²) in [6, 6.07) is 0. The predicted molar refractivity (Wildman–Crippen MR) is 94.4 cm³/mol. The van der Waals surface area contributed by atoms with Crippen molar-refractivity contribution in [3.63, 3.8) is 0 Å². The molecule has 6 nitrogen and oxygen atoms in total. The monoisotopic (exact) mass is 339 g/mol. The highest BCUT2D eigenvalue weighted by Crippen LogP contribution is 2.25. The Morgan fingerprint density at radius 3 is 2.57 bits per heavy atom. The highest BCUT2D eigenvalue weighted by Gasteiger charge is 2.24. The molecule has 0 aliphatic carbocycles. The number of nitrogens with zero attached hydrogens (tertiary/aromatic N) is 5. The summed E-state index contributed by atoms with van der Waals surface area (Å²) in [7, 11) is 3.94. The normalized spacial score (nSPS) is 21.9. The number of anilines is 1. The van der Waals surface area contributed by atoms with E-state index in [0.717, 1.165) is 36.4 Å². The van der Waals surface area contributed by atoms with Crippen molar-refractivity contribution in [2.45, 2.75) is 19.3 Å². The van der Waals surface area contributed by atoms with Gasteiger partial charge in [-0.05, 0) is 25.8 Å². The van der Waals surface area contributed by atoms with Gasteiger partial charge >= 0.3 is 0 Å². The first-order valence-electron chi connectivity index (χ1n) is 8.72. The summed E-state index contributed by atoms with van der Waals surface area (Å²) in [5.41, 5.74) is 0. The maximum absolute atomic E-state index is 5.10. The van der Waals surface area contributed by atoms with Crippen LogP contribution >= 0.6 is 11.5 Å². The number of ether oxygens (including phenoxy) is 1. The third kappa shape index (κ3) is 4.86. The number of likely N-dealkylation sites (N-methyl/N-ethyl adjacent to an activating group) is 1. The third-order valence-corrected chi connectivity index (χ3v) is 5.80. The fourth-order valence-corrected chi connectivity index (χ4v) is 4.13. The number of aromatic nitrogens is 2. The van der Waals surface area contributed by atoms with Crippen LogP contribution in [-0.2, 0) is 11.2 Å². The van der Waals surface area contributed by atoms with E-state index in [0.29, 0.717) is 6.61 Å². The van der Waals surface area contributed by atoms with Gasteiger partial charge in [0.2, 0.25) is 5.13 Å². The van der Waals surface area contributed by atoms with Gasteiger partial charge < -0.3 is 19.4 Å². The fraction of sp³-hybridized carbons (Fsp3) is 0.875. The SMILES string of the molecule is COCCc1nsc(N2CCC(CN3CCN(C)CC3)CC2)n1. The third-order valence-electron chi connectivity index (χ3n) is 4.98. The number of hydrogen-bond acceptors (Lipinski definition) is 7. The molecule has 2 fully saturated rings. The smallest absolute Gasteiger partial charge is 0.205 e. The molecule has 23 heavy (non-hydrogen) atoms. The Labute approximate surface area is 143 Å². The molecule has 1 aromatic heterocycles. The molecular weight excluding hydrogens is 310 g/mol. The Morgan fingerprint density at radius 2 is 1.87 bits per heavy atom. The summed E-state index contributed by atoms with van der Waals surface area (Å²) < 4.78 is 9.54. The van der Waals surface area contributed by atoms with Crippen LogP contribution in [0.5, 0.6) is 0 Å². The largest absolute Gasteiger partial charge is 0.384 e. The zero-order valence-corrected chi connectivity index (χ0v) is 15.2. The average molecular weight is 340 g/mol. The molecule has 0 unspecified atom stereocenters. The molecule has 0 radical (unpaired) electrons. The number of hydrogen-bond donors (Lipinski definition) is 0. The number of piperidine rings is 1. The minimum atomic E-state index is 0.698. The first kappa shape index (κ1) is 17.1. The predicted octanol–water partition coefficient (Wildman–Crippen LogP) is 1.19. The van der Waals surface area contributed by atoms with Crippen LogP contribution in [0.15, 0.2) is 0 Å². The lowest BCUT2D eigenvalue weighted by Gasteiger charge is -2.37. The lowest BCUT2D eigenvalue weighted by atomic mass is 9.96. The first-order chi connectivity index (χ1) is 11.2. The molecule has 7 heteroatoms. The molecule has 2 aliphatic rings. The molecule has 3 heterocycles. The molecule has 0 aromatic carbocycles. The molecule has 0 N–H and O–H groups in total. The van der Waals surface area contributed by atoms with E-state index in [1.165, 1.54) is 57.1 Å². The zero-order valence-electron chi connectivity index (χ0n) is 14.4. The van der Waals surface area contributed by atoms with Crippen molar-refractivity contribution in [2.75, 3.05) is 71.5 Å². The second kappa shape index (κ2) is 8.37. The van der Waals surface area contributed by atoms with Crippen molar-refractivity contribution in [1.82, 2.24) is 19.2 Å². The maximum Gasteiger partial charge on any atom is 0.205 e. The average Bonchev–Trinajstić information content (AvgIpc) is 3.05. The Balaban J connectivity index is 1.42. The number of piperazine rings is 1. The van der Waals surface area contributed by atoms with Crippen LogP contribution in [0, 0.1) is 5.92 Å². The van der Waals surface area contributed by atoms with Gasteiger partial charge in [0.1, 0.15) is 5.82 Å². The molecule has 0 spiro atoms. The summed E-state index contributed by atoms with van der Waals surface area (Å²) in [5, 5.41) is 1.09. The van der Waals surface area contributed by atoms with Gasteiger partial charge in [0.25, 0.3) is 0 Å². The highest BCUT2D eigenvalue weighted by atomic mass is 32.1. The van der Waals surface area contributed by atoms with Crippen LogP contribution < -0.4 is 4.90 Å². The van der Waals surface area contributed by atoms with Crippen molar-refractivity contribution in [1.29, 1.82) is 0 Å². The second-order valence-electron chi connectivity index (χ2n) is 6.77. The molecule has 0 amide bonds. The maximum atomic E-state index is 5.10. The molecular formula is C16H29N5OS. The fourth-order valence-electron chi connectivity index (χ4n) is 3.37. The van der Waals surface area contributed by atoms with Crippen molar-refractivity contribution in [2.24, 2.45) is 5.92 Å². The van der Waals surface area contributed by atoms with Gasteiger partial charge in [-0.2, -0.15) is 4.37 Å². The summed E-state index contributed by atoms with van der Waals surface area (Å²) >= 11 is 1.54. The quantitative estimate of drug-likeness (QED) is 0.776. The van der Waals surface area contributed by atoms with Gasteiger partial charge in [-0.1, -0.05) is 0 Å². The Bertz CT molecular complexity index is 467. The van der Waals surface area contributed by atoms with E-state index in [9.17, 15) is 0 Å². The van der Waals surface area contributed by atoms with Crippen molar-refractivity contribution >= 4 is 16.7 Å². The molecule has 2 aliphatic heterocycles.